The zero-order chi connectivity index (χ0) is 16.7. The molecule has 1 saturated heterocycles. The topological polar surface area (TPSA) is 76.4 Å². The Hall–Kier alpha value is -2.39. The Bertz CT molecular complexity index is 582. The molecule has 1 aliphatic rings. The maximum atomic E-state index is 12.4. The monoisotopic (exact) mass is 314 g/mol. The molecule has 0 aliphatic carbocycles. The SMILES string of the molecule is CN(CCC#N)C(=O)CN1CCC[C@@H]1C(=O)Nc1ccccc1. The molecule has 0 saturated carbocycles. The number of amides is 2. The summed E-state index contributed by atoms with van der Waals surface area (Å²) in [4.78, 5) is 28.1. The fourth-order valence-corrected chi connectivity index (χ4v) is 2.70. The van der Waals surface area contributed by atoms with Crippen molar-refractivity contribution in [1.29, 1.82) is 5.26 Å². The first-order chi connectivity index (χ1) is 11.1. The van der Waals surface area contributed by atoms with Gasteiger partial charge in [0.25, 0.3) is 0 Å². The van der Waals surface area contributed by atoms with E-state index in [4.69, 9.17) is 5.26 Å². The third kappa shape index (κ3) is 4.80. The number of nitrogens with one attached hydrogen (secondary N) is 1. The summed E-state index contributed by atoms with van der Waals surface area (Å²) in [5, 5.41) is 11.5. The van der Waals surface area contributed by atoms with E-state index in [0.29, 0.717) is 13.0 Å². The Morgan fingerprint density at radius 2 is 2.13 bits per heavy atom. The molecule has 0 radical (unpaired) electrons. The molecule has 1 heterocycles. The van der Waals surface area contributed by atoms with Gasteiger partial charge in [-0.25, -0.2) is 0 Å². The van der Waals surface area contributed by atoms with Gasteiger partial charge in [-0.2, -0.15) is 5.26 Å². The van der Waals surface area contributed by atoms with E-state index in [9.17, 15) is 9.59 Å². The number of anilines is 1. The highest BCUT2D eigenvalue weighted by atomic mass is 16.2. The van der Waals surface area contributed by atoms with Gasteiger partial charge in [0.05, 0.1) is 25.1 Å². The molecule has 0 spiro atoms. The molecule has 23 heavy (non-hydrogen) atoms. The number of carbonyl (C=O) groups is 2. The van der Waals surface area contributed by atoms with Crippen molar-refractivity contribution in [3.05, 3.63) is 30.3 Å². The molecule has 1 N–H and O–H groups in total. The van der Waals surface area contributed by atoms with E-state index in [1.54, 1.807) is 11.9 Å². The summed E-state index contributed by atoms with van der Waals surface area (Å²) in [7, 11) is 1.69. The van der Waals surface area contributed by atoms with Gasteiger partial charge in [-0.15, -0.1) is 0 Å². The van der Waals surface area contributed by atoms with Crippen LogP contribution in [0.25, 0.3) is 0 Å². The van der Waals surface area contributed by atoms with Crippen molar-refractivity contribution in [2.45, 2.75) is 25.3 Å². The van der Waals surface area contributed by atoms with E-state index in [0.717, 1.165) is 25.1 Å². The molecule has 0 unspecified atom stereocenters. The number of nitrogens with zero attached hydrogens (tertiary/aromatic N) is 3. The third-order valence-electron chi connectivity index (χ3n) is 4.03. The number of hydrogen-bond acceptors (Lipinski definition) is 4. The minimum Gasteiger partial charge on any atom is -0.344 e. The molecule has 0 aromatic heterocycles. The minimum absolute atomic E-state index is 0.0559. The zero-order valence-corrected chi connectivity index (χ0v) is 13.4. The zero-order valence-electron chi connectivity index (χ0n) is 13.4. The Morgan fingerprint density at radius 3 is 2.83 bits per heavy atom. The van der Waals surface area contributed by atoms with Crippen LogP contribution in [-0.2, 0) is 9.59 Å². The van der Waals surface area contributed by atoms with Crippen molar-refractivity contribution in [2.75, 3.05) is 32.0 Å². The number of carbonyl (C=O) groups excluding carboxylic acids is 2. The van der Waals surface area contributed by atoms with Gasteiger partial charge in [-0.05, 0) is 31.5 Å². The molecule has 1 atom stereocenters. The van der Waals surface area contributed by atoms with Crippen LogP contribution in [0.15, 0.2) is 30.3 Å². The summed E-state index contributed by atoms with van der Waals surface area (Å²) in [5.74, 6) is -0.124. The molecule has 6 heteroatoms. The Morgan fingerprint density at radius 1 is 1.39 bits per heavy atom. The molecule has 2 rings (SSSR count). The van der Waals surface area contributed by atoms with E-state index >= 15 is 0 Å². The first-order valence-electron chi connectivity index (χ1n) is 7.82. The van der Waals surface area contributed by atoms with E-state index < -0.39 is 0 Å². The number of nitriles is 1. The van der Waals surface area contributed by atoms with Crippen LogP contribution in [0, 0.1) is 11.3 Å². The molecular weight excluding hydrogens is 292 g/mol. The van der Waals surface area contributed by atoms with E-state index in [-0.39, 0.29) is 24.4 Å². The largest absolute Gasteiger partial charge is 0.344 e. The van der Waals surface area contributed by atoms with Crippen LogP contribution < -0.4 is 5.32 Å². The molecular formula is C17H22N4O2. The summed E-state index contributed by atoms with van der Waals surface area (Å²) in [6.45, 7) is 1.38. The van der Waals surface area contributed by atoms with Crippen LogP contribution in [0.2, 0.25) is 0 Å². The second-order valence-corrected chi connectivity index (χ2v) is 5.71. The van der Waals surface area contributed by atoms with Crippen LogP contribution in [0.5, 0.6) is 0 Å². The summed E-state index contributed by atoms with van der Waals surface area (Å²) in [6, 6.07) is 11.1. The first-order valence-corrected chi connectivity index (χ1v) is 7.82. The van der Waals surface area contributed by atoms with E-state index in [2.05, 4.69) is 5.32 Å². The van der Waals surface area contributed by atoms with Crippen LogP contribution in [0.1, 0.15) is 19.3 Å². The lowest BCUT2D eigenvalue weighted by atomic mass is 10.2. The highest BCUT2D eigenvalue weighted by Crippen LogP contribution is 2.19. The number of benzene rings is 1. The lowest BCUT2D eigenvalue weighted by Crippen LogP contribution is -2.45. The minimum atomic E-state index is -0.275. The molecule has 122 valence electrons. The molecule has 0 bridgehead atoms. The van der Waals surface area contributed by atoms with Crippen LogP contribution in [0.3, 0.4) is 0 Å². The first kappa shape index (κ1) is 17.0. The van der Waals surface area contributed by atoms with Gasteiger partial charge in [-0.1, -0.05) is 18.2 Å². The van der Waals surface area contributed by atoms with Crippen molar-refractivity contribution in [2.24, 2.45) is 0 Å². The molecule has 2 amide bonds. The number of likely N-dealkylation sites (tertiary alicyclic amines) is 1. The van der Waals surface area contributed by atoms with Crippen molar-refractivity contribution in [3.63, 3.8) is 0 Å². The van der Waals surface area contributed by atoms with Gasteiger partial charge in [0.1, 0.15) is 0 Å². The molecule has 1 aromatic carbocycles. The number of para-hydroxylation sites is 1. The summed E-state index contributed by atoms with van der Waals surface area (Å²) >= 11 is 0. The smallest absolute Gasteiger partial charge is 0.241 e. The maximum absolute atomic E-state index is 12.4. The van der Waals surface area contributed by atoms with Crippen molar-refractivity contribution in [1.82, 2.24) is 9.80 Å². The van der Waals surface area contributed by atoms with Crippen molar-refractivity contribution >= 4 is 17.5 Å². The van der Waals surface area contributed by atoms with Gasteiger partial charge in [0, 0.05) is 19.3 Å². The van der Waals surface area contributed by atoms with Crippen LogP contribution in [-0.4, -0.2) is 54.3 Å². The standard InChI is InChI=1S/C17H22N4O2/c1-20(11-6-10-18)16(22)13-21-12-5-9-15(21)17(23)19-14-7-3-2-4-8-14/h2-4,7-8,15H,5-6,9,11-13H2,1H3,(H,19,23)/t15-/m1/s1. The predicted octanol–water partition coefficient (Wildman–Crippen LogP) is 1.46. The third-order valence-corrected chi connectivity index (χ3v) is 4.03. The Balaban J connectivity index is 1.90. The molecule has 1 fully saturated rings. The predicted molar refractivity (Wildman–Crippen MR) is 87.5 cm³/mol. The number of rotatable bonds is 6. The summed E-state index contributed by atoms with van der Waals surface area (Å²) < 4.78 is 0. The fraction of sp³-hybridized carbons (Fsp3) is 0.471. The average Bonchev–Trinajstić information content (AvgIpc) is 3.01. The Kier molecular flexibility index (Phi) is 6.12. The van der Waals surface area contributed by atoms with Gasteiger partial charge in [0.2, 0.25) is 11.8 Å². The Labute approximate surface area is 136 Å². The quantitative estimate of drug-likeness (QED) is 0.862. The van der Waals surface area contributed by atoms with Gasteiger partial charge in [0.15, 0.2) is 0 Å². The fourth-order valence-electron chi connectivity index (χ4n) is 2.70. The summed E-state index contributed by atoms with van der Waals surface area (Å²) in [5.41, 5.74) is 0.766. The van der Waals surface area contributed by atoms with Gasteiger partial charge >= 0.3 is 0 Å². The van der Waals surface area contributed by atoms with E-state index in [1.807, 2.05) is 41.3 Å². The lowest BCUT2D eigenvalue weighted by Gasteiger charge is -2.25. The maximum Gasteiger partial charge on any atom is 0.241 e. The number of likely N-dealkylation sites (N-methyl/N-ethyl adjacent to an activating group) is 1. The molecule has 1 aliphatic heterocycles. The summed E-state index contributed by atoms with van der Waals surface area (Å²) in [6.07, 6.45) is 1.98. The average molecular weight is 314 g/mol. The number of hydrogen-bond donors (Lipinski definition) is 1. The second-order valence-electron chi connectivity index (χ2n) is 5.71. The van der Waals surface area contributed by atoms with Crippen molar-refractivity contribution in [3.8, 4) is 6.07 Å². The van der Waals surface area contributed by atoms with Gasteiger partial charge in [-0.3, -0.25) is 14.5 Å². The molecule has 6 nitrogen and oxygen atoms in total. The van der Waals surface area contributed by atoms with Crippen molar-refractivity contribution < 1.29 is 9.59 Å². The lowest BCUT2D eigenvalue weighted by molar-refractivity contribution is -0.132. The second kappa shape index (κ2) is 8.30. The molecule has 1 aromatic rings. The normalized spacial score (nSPS) is 17.5. The van der Waals surface area contributed by atoms with Crippen LogP contribution in [0.4, 0.5) is 5.69 Å². The highest BCUT2D eigenvalue weighted by molar-refractivity contribution is 5.95. The van der Waals surface area contributed by atoms with Gasteiger partial charge < -0.3 is 10.2 Å². The highest BCUT2D eigenvalue weighted by Gasteiger charge is 2.32. The van der Waals surface area contributed by atoms with Crippen LogP contribution >= 0.6 is 0 Å². The van der Waals surface area contributed by atoms with E-state index in [1.165, 1.54) is 0 Å².